The monoisotopic (exact) mass is 427 g/mol. The second kappa shape index (κ2) is 7.39. The Kier molecular flexibility index (Phi) is 5.70. The third kappa shape index (κ3) is 4.84. The van der Waals surface area contributed by atoms with Gasteiger partial charge in [0.25, 0.3) is 5.91 Å². The minimum absolute atomic E-state index is 0.00694. The summed E-state index contributed by atoms with van der Waals surface area (Å²) in [6.45, 7) is 1.92. The molecule has 0 aliphatic carbocycles. The minimum atomic E-state index is -3.75. The molecule has 0 spiro atoms. The number of amides is 1. The number of anilines is 1. The van der Waals surface area contributed by atoms with Crippen LogP contribution in [0.2, 0.25) is 0 Å². The SMILES string of the molecule is Cc1ccc(C(=O)NC(=S)Nc2ccc(S(N)(=O)=O)cc2)cc1Br. The molecule has 24 heavy (non-hydrogen) atoms. The van der Waals surface area contributed by atoms with E-state index in [-0.39, 0.29) is 15.9 Å². The van der Waals surface area contributed by atoms with E-state index >= 15 is 0 Å². The number of nitrogens with one attached hydrogen (secondary N) is 2. The maximum Gasteiger partial charge on any atom is 0.257 e. The highest BCUT2D eigenvalue weighted by Crippen LogP contribution is 2.17. The molecule has 0 saturated heterocycles. The summed E-state index contributed by atoms with van der Waals surface area (Å²) in [5.41, 5.74) is 2.00. The van der Waals surface area contributed by atoms with Gasteiger partial charge < -0.3 is 5.32 Å². The Bertz CT molecular complexity index is 897. The number of hydrogen-bond acceptors (Lipinski definition) is 4. The van der Waals surface area contributed by atoms with Gasteiger partial charge in [-0.3, -0.25) is 10.1 Å². The number of aryl methyl sites for hydroxylation is 1. The van der Waals surface area contributed by atoms with Crippen molar-refractivity contribution in [1.29, 1.82) is 0 Å². The molecule has 6 nitrogen and oxygen atoms in total. The van der Waals surface area contributed by atoms with Crippen molar-refractivity contribution in [2.24, 2.45) is 5.14 Å². The Balaban J connectivity index is 2.02. The van der Waals surface area contributed by atoms with Gasteiger partial charge in [-0.2, -0.15) is 0 Å². The van der Waals surface area contributed by atoms with E-state index in [4.69, 9.17) is 17.4 Å². The highest BCUT2D eigenvalue weighted by Gasteiger charge is 2.10. The number of rotatable bonds is 3. The zero-order valence-electron chi connectivity index (χ0n) is 12.5. The van der Waals surface area contributed by atoms with Gasteiger partial charge in [0.15, 0.2) is 5.11 Å². The average molecular weight is 428 g/mol. The van der Waals surface area contributed by atoms with Gasteiger partial charge in [0.05, 0.1) is 4.90 Å². The molecule has 0 aliphatic rings. The fraction of sp³-hybridized carbons (Fsp3) is 0.0667. The number of sulfonamides is 1. The molecule has 0 atom stereocenters. The zero-order chi connectivity index (χ0) is 17.9. The zero-order valence-corrected chi connectivity index (χ0v) is 15.8. The molecule has 0 aliphatic heterocycles. The molecular weight excluding hydrogens is 414 g/mol. The lowest BCUT2D eigenvalue weighted by Gasteiger charge is -2.10. The van der Waals surface area contributed by atoms with Crippen LogP contribution < -0.4 is 15.8 Å². The van der Waals surface area contributed by atoms with Crippen LogP contribution in [0.25, 0.3) is 0 Å². The topological polar surface area (TPSA) is 101 Å². The first-order valence-electron chi connectivity index (χ1n) is 6.68. The van der Waals surface area contributed by atoms with Gasteiger partial charge >= 0.3 is 0 Å². The summed E-state index contributed by atoms with van der Waals surface area (Å²) in [4.78, 5) is 12.1. The van der Waals surface area contributed by atoms with Crippen molar-refractivity contribution in [1.82, 2.24) is 5.32 Å². The first kappa shape index (κ1) is 18.5. The summed E-state index contributed by atoms with van der Waals surface area (Å²) in [5.74, 6) is -0.352. The molecule has 0 aromatic heterocycles. The number of carbonyl (C=O) groups excluding carboxylic acids is 1. The largest absolute Gasteiger partial charge is 0.332 e. The second-order valence-electron chi connectivity index (χ2n) is 4.94. The van der Waals surface area contributed by atoms with E-state index in [1.54, 1.807) is 12.1 Å². The number of thiocarbonyl (C=S) groups is 1. The van der Waals surface area contributed by atoms with Gasteiger partial charge in [0, 0.05) is 15.7 Å². The standard InChI is InChI=1S/C15H14BrN3O3S2/c1-9-2-3-10(8-13(9)16)14(20)19-15(23)18-11-4-6-12(7-5-11)24(17,21)22/h2-8H,1H3,(H2,17,21,22)(H2,18,19,20,23). The van der Waals surface area contributed by atoms with E-state index in [9.17, 15) is 13.2 Å². The van der Waals surface area contributed by atoms with Crippen molar-refractivity contribution >= 4 is 54.9 Å². The second-order valence-corrected chi connectivity index (χ2v) is 7.77. The molecule has 0 heterocycles. The molecule has 2 rings (SSSR count). The van der Waals surface area contributed by atoms with Gasteiger partial charge in [0.1, 0.15) is 0 Å². The molecule has 0 saturated carbocycles. The van der Waals surface area contributed by atoms with Crippen LogP contribution in [0.15, 0.2) is 51.8 Å². The highest BCUT2D eigenvalue weighted by atomic mass is 79.9. The van der Waals surface area contributed by atoms with E-state index in [0.29, 0.717) is 11.3 Å². The number of carbonyl (C=O) groups is 1. The quantitative estimate of drug-likeness (QED) is 0.653. The average Bonchev–Trinajstić information content (AvgIpc) is 2.49. The number of nitrogens with two attached hydrogens (primary N) is 1. The summed E-state index contributed by atoms with van der Waals surface area (Å²) in [6, 6.07) is 10.9. The van der Waals surface area contributed by atoms with Crippen LogP contribution in [0.5, 0.6) is 0 Å². The van der Waals surface area contributed by atoms with Gasteiger partial charge in [-0.25, -0.2) is 13.6 Å². The van der Waals surface area contributed by atoms with Crippen LogP contribution in [-0.2, 0) is 10.0 Å². The molecule has 0 unspecified atom stereocenters. The Labute approximate surface area is 153 Å². The predicted octanol–water partition coefficient (Wildman–Crippen LogP) is 2.53. The van der Waals surface area contributed by atoms with Crippen LogP contribution >= 0.6 is 28.1 Å². The lowest BCUT2D eigenvalue weighted by molar-refractivity contribution is 0.0977. The Morgan fingerprint density at radius 2 is 1.79 bits per heavy atom. The molecule has 2 aromatic rings. The van der Waals surface area contributed by atoms with Gasteiger partial charge in [-0.05, 0) is 61.1 Å². The molecule has 2 aromatic carbocycles. The first-order chi connectivity index (χ1) is 11.2. The summed E-state index contributed by atoms with van der Waals surface area (Å²) in [6.07, 6.45) is 0. The Hall–Kier alpha value is -1.81. The third-order valence-corrected chi connectivity index (χ3v) is 5.09. The summed E-state index contributed by atoms with van der Waals surface area (Å²) >= 11 is 8.45. The van der Waals surface area contributed by atoms with Crippen molar-refractivity contribution < 1.29 is 13.2 Å². The van der Waals surface area contributed by atoms with Crippen LogP contribution in [0.1, 0.15) is 15.9 Å². The van der Waals surface area contributed by atoms with Gasteiger partial charge in [0.2, 0.25) is 10.0 Å². The molecule has 1 amide bonds. The Morgan fingerprint density at radius 3 is 2.33 bits per heavy atom. The van der Waals surface area contributed by atoms with Crippen molar-refractivity contribution in [3.63, 3.8) is 0 Å². The summed E-state index contributed by atoms with van der Waals surface area (Å²) in [5, 5.41) is 10.5. The molecule has 9 heteroatoms. The molecular formula is C15H14BrN3O3S2. The molecule has 0 bridgehead atoms. The number of halogens is 1. The van der Waals surface area contributed by atoms with E-state index in [1.165, 1.54) is 24.3 Å². The minimum Gasteiger partial charge on any atom is -0.332 e. The number of primary sulfonamides is 1. The van der Waals surface area contributed by atoms with Crippen molar-refractivity contribution in [2.45, 2.75) is 11.8 Å². The fourth-order valence-corrected chi connectivity index (χ4v) is 2.90. The smallest absolute Gasteiger partial charge is 0.257 e. The first-order valence-corrected chi connectivity index (χ1v) is 9.43. The third-order valence-electron chi connectivity index (χ3n) is 3.10. The van der Waals surface area contributed by atoms with Crippen molar-refractivity contribution in [3.05, 3.63) is 58.1 Å². The highest BCUT2D eigenvalue weighted by molar-refractivity contribution is 9.10. The molecule has 0 radical (unpaired) electrons. The molecule has 4 N–H and O–H groups in total. The van der Waals surface area contributed by atoms with Crippen molar-refractivity contribution in [3.8, 4) is 0 Å². The fourth-order valence-electron chi connectivity index (χ4n) is 1.80. The summed E-state index contributed by atoms with van der Waals surface area (Å²) < 4.78 is 23.2. The Morgan fingerprint density at radius 1 is 1.17 bits per heavy atom. The van der Waals surface area contributed by atoms with E-state index < -0.39 is 10.0 Å². The lowest BCUT2D eigenvalue weighted by atomic mass is 10.1. The van der Waals surface area contributed by atoms with Crippen LogP contribution in [-0.4, -0.2) is 19.4 Å². The lowest BCUT2D eigenvalue weighted by Crippen LogP contribution is -2.34. The van der Waals surface area contributed by atoms with Crippen LogP contribution in [0.4, 0.5) is 5.69 Å². The number of hydrogen-bond donors (Lipinski definition) is 3. The molecule has 0 fully saturated rings. The summed E-state index contributed by atoms with van der Waals surface area (Å²) in [7, 11) is -3.75. The normalized spacial score (nSPS) is 11.0. The van der Waals surface area contributed by atoms with Gasteiger partial charge in [-0.1, -0.05) is 22.0 Å². The predicted molar refractivity (Wildman–Crippen MR) is 100 cm³/mol. The number of benzene rings is 2. The van der Waals surface area contributed by atoms with Crippen LogP contribution in [0, 0.1) is 6.92 Å². The van der Waals surface area contributed by atoms with E-state index in [1.807, 2.05) is 13.0 Å². The maximum atomic E-state index is 12.1. The molecule has 126 valence electrons. The van der Waals surface area contributed by atoms with E-state index in [0.717, 1.165) is 10.0 Å². The van der Waals surface area contributed by atoms with Gasteiger partial charge in [-0.15, -0.1) is 0 Å². The van der Waals surface area contributed by atoms with Crippen molar-refractivity contribution in [2.75, 3.05) is 5.32 Å². The van der Waals surface area contributed by atoms with Crippen LogP contribution in [0.3, 0.4) is 0 Å². The maximum absolute atomic E-state index is 12.1. The van der Waals surface area contributed by atoms with E-state index in [2.05, 4.69) is 26.6 Å².